The van der Waals surface area contributed by atoms with Gasteiger partial charge in [-0.2, -0.15) is 13.2 Å². The minimum atomic E-state index is -4.89. The van der Waals surface area contributed by atoms with Crippen molar-refractivity contribution in [2.45, 2.75) is 52.3 Å². The largest absolute Gasteiger partial charge is 0.490 e. The van der Waals surface area contributed by atoms with Gasteiger partial charge in [-0.05, 0) is 30.6 Å². The van der Waals surface area contributed by atoms with Crippen molar-refractivity contribution in [3.63, 3.8) is 0 Å². The number of hydrogen-bond acceptors (Lipinski definition) is 2. The van der Waals surface area contributed by atoms with E-state index < -0.39 is 18.2 Å². The molecule has 0 unspecified atom stereocenters. The summed E-state index contributed by atoms with van der Waals surface area (Å²) in [5.41, 5.74) is 0. The van der Waals surface area contributed by atoms with Gasteiger partial charge in [-0.3, -0.25) is 0 Å². The molecule has 5 heteroatoms. The molecule has 0 N–H and O–H groups in total. The van der Waals surface area contributed by atoms with Crippen molar-refractivity contribution in [2.24, 2.45) is 17.8 Å². The van der Waals surface area contributed by atoms with Crippen molar-refractivity contribution < 1.29 is 22.7 Å². The third-order valence-corrected chi connectivity index (χ3v) is 3.45. The maximum Gasteiger partial charge on any atom is 0.490 e. The van der Waals surface area contributed by atoms with E-state index in [4.69, 9.17) is 0 Å². The van der Waals surface area contributed by atoms with Crippen molar-refractivity contribution in [3.8, 4) is 0 Å². The smallest absolute Gasteiger partial charge is 0.455 e. The van der Waals surface area contributed by atoms with E-state index in [9.17, 15) is 18.0 Å². The quantitative estimate of drug-likeness (QED) is 0.702. The highest BCUT2D eigenvalue weighted by Crippen LogP contribution is 2.36. The monoisotopic (exact) mass is 252 g/mol. The molecule has 3 atom stereocenters. The molecule has 100 valence electrons. The molecule has 1 rings (SSSR count). The molecule has 1 fully saturated rings. The molecule has 0 aromatic rings. The first-order chi connectivity index (χ1) is 7.71. The molecule has 2 nitrogen and oxygen atoms in total. The van der Waals surface area contributed by atoms with E-state index in [1.807, 2.05) is 20.8 Å². The van der Waals surface area contributed by atoms with Crippen LogP contribution in [0.5, 0.6) is 0 Å². The predicted octanol–water partition coefficient (Wildman–Crippen LogP) is 3.55. The fourth-order valence-electron chi connectivity index (χ4n) is 2.45. The Labute approximate surface area is 99.5 Å². The van der Waals surface area contributed by atoms with Gasteiger partial charge in [0.05, 0.1) is 0 Å². The fourth-order valence-corrected chi connectivity index (χ4v) is 2.45. The van der Waals surface area contributed by atoms with Gasteiger partial charge < -0.3 is 4.74 Å². The maximum atomic E-state index is 12.2. The second-order valence-electron chi connectivity index (χ2n) is 5.27. The lowest BCUT2D eigenvalue weighted by Crippen LogP contribution is -2.39. The van der Waals surface area contributed by atoms with Gasteiger partial charge in [-0.25, -0.2) is 4.79 Å². The first-order valence-electron chi connectivity index (χ1n) is 5.99. The summed E-state index contributed by atoms with van der Waals surface area (Å²) >= 11 is 0. The van der Waals surface area contributed by atoms with Crippen LogP contribution in [-0.4, -0.2) is 18.2 Å². The number of halogens is 3. The molecule has 0 saturated heterocycles. The molecule has 0 amide bonds. The second-order valence-corrected chi connectivity index (χ2v) is 5.27. The van der Waals surface area contributed by atoms with Crippen LogP contribution in [0.3, 0.4) is 0 Å². The molecule has 0 aromatic heterocycles. The van der Waals surface area contributed by atoms with Crippen LogP contribution in [-0.2, 0) is 9.53 Å². The van der Waals surface area contributed by atoms with Crippen LogP contribution in [0.4, 0.5) is 13.2 Å². The average Bonchev–Trinajstić information content (AvgIpc) is 2.15. The van der Waals surface area contributed by atoms with Crippen LogP contribution in [0.25, 0.3) is 0 Å². The molecular formula is C12H19F3O2. The number of esters is 1. The van der Waals surface area contributed by atoms with Crippen LogP contribution in [0.2, 0.25) is 0 Å². The van der Waals surface area contributed by atoms with Gasteiger partial charge in [-0.1, -0.05) is 27.2 Å². The van der Waals surface area contributed by atoms with E-state index in [0.717, 1.165) is 12.8 Å². The van der Waals surface area contributed by atoms with E-state index in [-0.39, 0.29) is 11.8 Å². The molecule has 1 saturated carbocycles. The lowest BCUT2D eigenvalue weighted by molar-refractivity contribution is -0.210. The van der Waals surface area contributed by atoms with Crippen molar-refractivity contribution in [3.05, 3.63) is 0 Å². The standard InChI is InChI=1S/C12H19F3O2/c1-7(2)9-5-4-8(3)6-10(9)17-11(16)12(13,14)15/h7-10H,4-6H2,1-3H3/t8-,9+,10-/m1/s1. The zero-order valence-electron chi connectivity index (χ0n) is 10.4. The third kappa shape index (κ3) is 3.89. The van der Waals surface area contributed by atoms with Crippen LogP contribution < -0.4 is 0 Å². The molecule has 17 heavy (non-hydrogen) atoms. The molecule has 1 aliphatic rings. The van der Waals surface area contributed by atoms with Crippen molar-refractivity contribution >= 4 is 5.97 Å². The molecule has 0 spiro atoms. The van der Waals surface area contributed by atoms with Gasteiger partial charge >= 0.3 is 12.1 Å². The summed E-state index contributed by atoms with van der Waals surface area (Å²) in [6.07, 6.45) is -3.13. The number of hydrogen-bond donors (Lipinski definition) is 0. The average molecular weight is 252 g/mol. The Hall–Kier alpha value is -0.740. The Balaban J connectivity index is 2.67. The Morgan fingerprint density at radius 1 is 1.29 bits per heavy atom. The maximum absolute atomic E-state index is 12.2. The van der Waals surface area contributed by atoms with Gasteiger partial charge in [0.25, 0.3) is 0 Å². The van der Waals surface area contributed by atoms with Crippen molar-refractivity contribution in [1.29, 1.82) is 0 Å². The highest BCUT2D eigenvalue weighted by atomic mass is 19.4. The highest BCUT2D eigenvalue weighted by Gasteiger charge is 2.44. The summed E-state index contributed by atoms with van der Waals surface area (Å²) in [6.45, 7) is 5.88. The first-order valence-corrected chi connectivity index (χ1v) is 5.99. The summed E-state index contributed by atoms with van der Waals surface area (Å²) in [7, 11) is 0. The van der Waals surface area contributed by atoms with Crippen molar-refractivity contribution in [2.75, 3.05) is 0 Å². The Bertz CT molecular complexity index is 273. The zero-order valence-corrected chi connectivity index (χ0v) is 10.4. The van der Waals surface area contributed by atoms with E-state index in [1.54, 1.807) is 0 Å². The van der Waals surface area contributed by atoms with Crippen LogP contribution in [0.1, 0.15) is 40.0 Å². The van der Waals surface area contributed by atoms with Gasteiger partial charge in [0.2, 0.25) is 0 Å². The second kappa shape index (κ2) is 5.27. The molecular weight excluding hydrogens is 233 g/mol. The number of carbonyl (C=O) groups is 1. The Morgan fingerprint density at radius 2 is 1.88 bits per heavy atom. The highest BCUT2D eigenvalue weighted by molar-refractivity contribution is 5.75. The predicted molar refractivity (Wildman–Crippen MR) is 57.3 cm³/mol. The molecule has 0 radical (unpaired) electrons. The minimum absolute atomic E-state index is 0.0394. The zero-order chi connectivity index (χ0) is 13.2. The van der Waals surface area contributed by atoms with Crippen LogP contribution >= 0.6 is 0 Å². The number of carbonyl (C=O) groups excluding carboxylic acids is 1. The summed E-state index contributed by atoms with van der Waals surface area (Å²) < 4.78 is 41.1. The van der Waals surface area contributed by atoms with Gasteiger partial charge in [0, 0.05) is 0 Å². The SMILES string of the molecule is CC(C)[C@@H]1CC[C@@H](C)C[C@H]1OC(=O)C(F)(F)F. The van der Waals surface area contributed by atoms with Crippen LogP contribution in [0, 0.1) is 17.8 Å². The molecule has 1 aliphatic carbocycles. The lowest BCUT2D eigenvalue weighted by atomic mass is 9.75. The number of rotatable bonds is 2. The third-order valence-electron chi connectivity index (χ3n) is 3.45. The van der Waals surface area contributed by atoms with E-state index in [2.05, 4.69) is 4.74 Å². The normalized spacial score (nSPS) is 30.4. The van der Waals surface area contributed by atoms with Crippen LogP contribution in [0.15, 0.2) is 0 Å². The molecule has 0 bridgehead atoms. The van der Waals surface area contributed by atoms with E-state index >= 15 is 0 Å². The van der Waals surface area contributed by atoms with E-state index in [1.165, 1.54) is 0 Å². The van der Waals surface area contributed by atoms with Gasteiger partial charge in [-0.15, -0.1) is 0 Å². The fraction of sp³-hybridized carbons (Fsp3) is 0.917. The van der Waals surface area contributed by atoms with E-state index in [0.29, 0.717) is 12.3 Å². The van der Waals surface area contributed by atoms with Crippen molar-refractivity contribution in [1.82, 2.24) is 0 Å². The Kier molecular flexibility index (Phi) is 4.44. The first kappa shape index (κ1) is 14.3. The molecule has 0 aromatic carbocycles. The molecule has 0 heterocycles. The minimum Gasteiger partial charge on any atom is -0.455 e. The Morgan fingerprint density at radius 3 is 2.35 bits per heavy atom. The summed E-state index contributed by atoms with van der Waals surface area (Å²) in [5.74, 6) is -1.47. The number of alkyl halides is 3. The molecule has 0 aliphatic heterocycles. The van der Waals surface area contributed by atoms with Gasteiger partial charge in [0.15, 0.2) is 0 Å². The topological polar surface area (TPSA) is 26.3 Å². The lowest BCUT2D eigenvalue weighted by Gasteiger charge is -2.36. The summed E-state index contributed by atoms with van der Waals surface area (Å²) in [6, 6.07) is 0. The summed E-state index contributed by atoms with van der Waals surface area (Å²) in [5, 5.41) is 0. The number of ether oxygens (including phenoxy) is 1. The van der Waals surface area contributed by atoms with Gasteiger partial charge in [0.1, 0.15) is 6.10 Å². The summed E-state index contributed by atoms with van der Waals surface area (Å²) in [4.78, 5) is 10.9.